The van der Waals surface area contributed by atoms with Gasteiger partial charge in [0.15, 0.2) is 9.50 Å². The number of anilines is 2. The van der Waals surface area contributed by atoms with Crippen LogP contribution in [-0.2, 0) is 29.5 Å². The molecule has 0 bridgehead atoms. The van der Waals surface area contributed by atoms with E-state index in [0.717, 1.165) is 56.0 Å². The number of nitrogens with one attached hydrogen (secondary N) is 2. The fraction of sp³-hybridized carbons (Fsp3) is 0.250. The van der Waals surface area contributed by atoms with Gasteiger partial charge in [0.05, 0.1) is 42.8 Å². The molecule has 14 heteroatoms. The summed E-state index contributed by atoms with van der Waals surface area (Å²) in [7, 11) is 1.71. The van der Waals surface area contributed by atoms with Crippen LogP contribution in [0.15, 0.2) is 50.7 Å². The first kappa shape index (κ1) is 29.5. The number of rotatable bonds is 8. The van der Waals surface area contributed by atoms with Crippen molar-refractivity contribution < 1.29 is 9.59 Å². The van der Waals surface area contributed by atoms with Crippen molar-refractivity contribution in [2.45, 2.75) is 35.2 Å². The molecule has 0 radical (unpaired) electrons. The number of thiophene rings is 1. The molecule has 0 unspecified atom stereocenters. The van der Waals surface area contributed by atoms with E-state index in [4.69, 9.17) is 28.2 Å². The number of benzene rings is 2. The average Bonchev–Trinajstić information content (AvgIpc) is 3.55. The lowest BCUT2D eigenvalue weighted by molar-refractivity contribution is -0.114. The summed E-state index contributed by atoms with van der Waals surface area (Å²) in [6, 6.07) is 10.5. The van der Waals surface area contributed by atoms with Gasteiger partial charge in [0, 0.05) is 17.6 Å². The van der Waals surface area contributed by atoms with Crippen LogP contribution in [0.3, 0.4) is 0 Å². The van der Waals surface area contributed by atoms with Gasteiger partial charge in [-0.2, -0.15) is 0 Å². The van der Waals surface area contributed by atoms with Gasteiger partial charge in [-0.3, -0.25) is 19.0 Å². The molecular formula is C28H23Cl2N5O3S4. The predicted molar refractivity (Wildman–Crippen MR) is 176 cm³/mol. The monoisotopic (exact) mass is 675 g/mol. The lowest BCUT2D eigenvalue weighted by Gasteiger charge is -2.11. The molecule has 6 rings (SSSR count). The zero-order chi connectivity index (χ0) is 29.4. The summed E-state index contributed by atoms with van der Waals surface area (Å²) >= 11 is 17.9. The Bertz CT molecular complexity index is 1900. The Labute approximate surface area is 267 Å². The molecule has 216 valence electrons. The lowest BCUT2D eigenvalue weighted by Crippen LogP contribution is -2.21. The number of thiazole rings is 1. The third-order valence-corrected chi connectivity index (χ3v) is 11.7. The van der Waals surface area contributed by atoms with Gasteiger partial charge in [0.1, 0.15) is 4.83 Å². The first-order valence-corrected chi connectivity index (χ1v) is 17.3. The minimum Gasteiger partial charge on any atom is -0.325 e. The van der Waals surface area contributed by atoms with Crippen molar-refractivity contribution in [3.05, 3.63) is 67.2 Å². The summed E-state index contributed by atoms with van der Waals surface area (Å²) in [5.41, 5.74) is 2.92. The van der Waals surface area contributed by atoms with Crippen molar-refractivity contribution in [3.8, 4) is 0 Å². The summed E-state index contributed by atoms with van der Waals surface area (Å²) in [6.45, 7) is 0. The molecule has 42 heavy (non-hydrogen) atoms. The highest BCUT2D eigenvalue weighted by atomic mass is 35.5. The Balaban J connectivity index is 1.07. The number of hydrogen-bond acceptors (Lipinski definition) is 9. The van der Waals surface area contributed by atoms with Crippen molar-refractivity contribution in [2.24, 2.45) is 7.05 Å². The minimum absolute atomic E-state index is 0.0447. The summed E-state index contributed by atoms with van der Waals surface area (Å²) in [5, 5.41) is 7.68. The molecule has 1 aliphatic carbocycles. The molecule has 3 aromatic heterocycles. The van der Waals surface area contributed by atoms with E-state index in [2.05, 4.69) is 15.6 Å². The van der Waals surface area contributed by atoms with Crippen LogP contribution in [0.1, 0.15) is 23.3 Å². The van der Waals surface area contributed by atoms with E-state index in [0.29, 0.717) is 26.6 Å². The minimum atomic E-state index is -0.246. The van der Waals surface area contributed by atoms with E-state index in [1.165, 1.54) is 39.7 Å². The first-order chi connectivity index (χ1) is 20.3. The van der Waals surface area contributed by atoms with Crippen molar-refractivity contribution in [1.82, 2.24) is 14.5 Å². The van der Waals surface area contributed by atoms with E-state index in [1.54, 1.807) is 47.2 Å². The van der Waals surface area contributed by atoms with Crippen LogP contribution < -0.4 is 16.2 Å². The molecule has 0 fully saturated rings. The Hall–Kier alpha value is -2.61. The van der Waals surface area contributed by atoms with Gasteiger partial charge in [0.2, 0.25) is 11.8 Å². The average molecular weight is 677 g/mol. The standard InChI is InChI=1S/C28H23Cl2N5O3S4/c1-35-26(38)23-15-5-2-3-8-19(15)41-25(23)34-27(35)39-12-21(36)31-14-9-10-18-20(11-14)42-28(32-18)40-13-22(37)33-24-16(29)6-4-7-17(24)30/h4,6-7,9-11H,2-3,5,8,12-13H2,1H3,(H,31,36)(H,33,37). The smallest absolute Gasteiger partial charge is 0.262 e. The van der Waals surface area contributed by atoms with E-state index >= 15 is 0 Å². The highest BCUT2D eigenvalue weighted by Crippen LogP contribution is 2.35. The SMILES string of the molecule is Cn1c(SCC(=O)Nc2ccc3nc(SCC(=O)Nc4c(Cl)cccc4Cl)sc3c2)nc2sc3c(c2c1=O)CCCC3. The molecule has 8 nitrogen and oxygen atoms in total. The van der Waals surface area contributed by atoms with Crippen molar-refractivity contribution in [1.29, 1.82) is 0 Å². The van der Waals surface area contributed by atoms with Crippen LogP contribution in [0.4, 0.5) is 11.4 Å². The number of halogens is 2. The number of nitrogens with zero attached hydrogens (tertiary/aromatic N) is 3. The fourth-order valence-electron chi connectivity index (χ4n) is 4.69. The highest BCUT2D eigenvalue weighted by molar-refractivity contribution is 8.01. The predicted octanol–water partition coefficient (Wildman–Crippen LogP) is 7.25. The Morgan fingerprint density at radius 2 is 1.71 bits per heavy atom. The summed E-state index contributed by atoms with van der Waals surface area (Å²) in [4.78, 5) is 49.7. The van der Waals surface area contributed by atoms with E-state index in [1.807, 2.05) is 12.1 Å². The number of fused-ring (bicyclic) bond motifs is 4. The normalized spacial score (nSPS) is 12.9. The topological polar surface area (TPSA) is 106 Å². The summed E-state index contributed by atoms with van der Waals surface area (Å²) in [5.74, 6) is -0.195. The molecule has 0 spiro atoms. The summed E-state index contributed by atoms with van der Waals surface area (Å²) in [6.07, 6.45) is 4.18. The van der Waals surface area contributed by atoms with Crippen LogP contribution in [0.2, 0.25) is 10.0 Å². The molecule has 2 N–H and O–H groups in total. The molecular weight excluding hydrogens is 654 g/mol. The van der Waals surface area contributed by atoms with Gasteiger partial charge in [-0.05, 0) is 61.6 Å². The molecule has 0 saturated heterocycles. The van der Waals surface area contributed by atoms with Crippen molar-refractivity contribution in [3.63, 3.8) is 0 Å². The third-order valence-electron chi connectivity index (χ3n) is 6.69. The third kappa shape index (κ3) is 6.20. The number of carbonyl (C=O) groups is 2. The molecule has 2 aromatic carbocycles. The van der Waals surface area contributed by atoms with E-state index < -0.39 is 0 Å². The van der Waals surface area contributed by atoms with Gasteiger partial charge < -0.3 is 10.6 Å². The second-order valence-electron chi connectivity index (χ2n) is 9.58. The molecule has 3 heterocycles. The zero-order valence-electron chi connectivity index (χ0n) is 22.2. The van der Waals surface area contributed by atoms with Gasteiger partial charge >= 0.3 is 0 Å². The molecule has 0 aliphatic heterocycles. The maximum atomic E-state index is 13.1. The number of aryl methyl sites for hydroxylation is 2. The number of amides is 2. The van der Waals surface area contributed by atoms with E-state index in [-0.39, 0.29) is 28.9 Å². The maximum absolute atomic E-state index is 13.1. The first-order valence-electron chi connectivity index (χ1n) is 13.0. The molecule has 0 atom stereocenters. The van der Waals surface area contributed by atoms with Gasteiger partial charge in [-0.1, -0.05) is 52.8 Å². The van der Waals surface area contributed by atoms with Gasteiger partial charge in [0.25, 0.3) is 5.56 Å². The second kappa shape index (κ2) is 12.6. The Morgan fingerprint density at radius 1 is 0.976 bits per heavy atom. The van der Waals surface area contributed by atoms with Crippen LogP contribution in [0.25, 0.3) is 20.4 Å². The number of carbonyl (C=O) groups excluding carboxylic acids is 2. The largest absolute Gasteiger partial charge is 0.325 e. The van der Waals surface area contributed by atoms with Crippen LogP contribution in [0.5, 0.6) is 0 Å². The van der Waals surface area contributed by atoms with Crippen molar-refractivity contribution in [2.75, 3.05) is 22.1 Å². The van der Waals surface area contributed by atoms with Crippen molar-refractivity contribution >= 4 is 113 Å². The van der Waals surface area contributed by atoms with Crippen LogP contribution in [0, 0.1) is 0 Å². The Kier molecular flexibility index (Phi) is 8.80. The Morgan fingerprint density at radius 3 is 2.52 bits per heavy atom. The van der Waals surface area contributed by atoms with Crippen LogP contribution in [-0.4, -0.2) is 37.9 Å². The maximum Gasteiger partial charge on any atom is 0.262 e. The molecule has 0 saturated carbocycles. The molecule has 5 aromatic rings. The van der Waals surface area contributed by atoms with E-state index in [9.17, 15) is 14.4 Å². The number of thioether (sulfide) groups is 2. The lowest BCUT2D eigenvalue weighted by atomic mass is 9.97. The fourth-order valence-corrected chi connectivity index (χ4v) is 9.16. The van der Waals surface area contributed by atoms with Gasteiger partial charge in [-0.25, -0.2) is 9.97 Å². The second-order valence-corrected chi connectivity index (χ2v) is 14.7. The molecule has 1 aliphatic rings. The quantitative estimate of drug-likeness (QED) is 0.132. The number of hydrogen-bond donors (Lipinski definition) is 2. The van der Waals surface area contributed by atoms with Gasteiger partial charge in [-0.15, -0.1) is 22.7 Å². The number of aromatic nitrogens is 3. The number of para-hydroxylation sites is 1. The van der Waals surface area contributed by atoms with Crippen LogP contribution >= 0.6 is 69.4 Å². The highest BCUT2D eigenvalue weighted by Gasteiger charge is 2.21. The molecule has 2 amide bonds. The zero-order valence-corrected chi connectivity index (χ0v) is 26.9. The summed E-state index contributed by atoms with van der Waals surface area (Å²) < 4.78 is 3.16.